The Hall–Kier alpha value is -3.34. The number of carbonyl (C=O) groups excluding carboxylic acids is 2. The molecule has 0 bridgehead atoms. The van der Waals surface area contributed by atoms with Crippen LogP contribution in [0.2, 0.25) is 0 Å². The van der Waals surface area contributed by atoms with Gasteiger partial charge in [-0.3, -0.25) is 9.59 Å². The standard InChI is InChI=1S/C21H20F3N5O2S/c1-11-4-6-13(7-5-11)19-27-28-21(29(19)3)32-12(2)20(31)25-10-16(30)26-15-9-8-14(22)17(23)18(15)24/h4-9,12H,10H2,1-3H3,(H,25,31)(H,26,30). The molecule has 3 rings (SSSR count). The number of nitrogens with zero attached hydrogens (tertiary/aromatic N) is 3. The summed E-state index contributed by atoms with van der Waals surface area (Å²) in [5.74, 6) is -5.18. The van der Waals surface area contributed by atoms with Crippen LogP contribution in [-0.2, 0) is 16.6 Å². The third kappa shape index (κ3) is 5.28. The van der Waals surface area contributed by atoms with E-state index in [1.807, 2.05) is 31.2 Å². The van der Waals surface area contributed by atoms with Crippen LogP contribution in [0.5, 0.6) is 0 Å². The molecule has 2 aromatic carbocycles. The van der Waals surface area contributed by atoms with Gasteiger partial charge in [0.15, 0.2) is 28.4 Å². The molecule has 2 amide bonds. The molecule has 32 heavy (non-hydrogen) atoms. The number of carbonyl (C=O) groups is 2. The van der Waals surface area contributed by atoms with Crippen molar-refractivity contribution in [3.05, 3.63) is 59.4 Å². The summed E-state index contributed by atoms with van der Waals surface area (Å²) in [5, 5.41) is 12.7. The first-order chi connectivity index (χ1) is 15.2. The monoisotopic (exact) mass is 463 g/mol. The predicted molar refractivity (Wildman–Crippen MR) is 114 cm³/mol. The molecule has 0 fully saturated rings. The van der Waals surface area contributed by atoms with E-state index < -0.39 is 46.7 Å². The molecule has 3 aromatic rings. The maximum absolute atomic E-state index is 13.6. The van der Waals surface area contributed by atoms with Crippen LogP contribution < -0.4 is 10.6 Å². The van der Waals surface area contributed by atoms with Gasteiger partial charge in [-0.05, 0) is 26.0 Å². The molecule has 0 saturated heterocycles. The van der Waals surface area contributed by atoms with Gasteiger partial charge in [-0.1, -0.05) is 41.6 Å². The van der Waals surface area contributed by atoms with Gasteiger partial charge in [0.2, 0.25) is 11.8 Å². The van der Waals surface area contributed by atoms with E-state index in [2.05, 4.69) is 20.8 Å². The second-order valence-electron chi connectivity index (χ2n) is 6.98. The summed E-state index contributed by atoms with van der Waals surface area (Å²) in [6.07, 6.45) is 0. The van der Waals surface area contributed by atoms with Crippen LogP contribution in [0.15, 0.2) is 41.6 Å². The number of amides is 2. The zero-order chi connectivity index (χ0) is 23.4. The van der Waals surface area contributed by atoms with E-state index in [-0.39, 0.29) is 0 Å². The molecule has 1 unspecified atom stereocenters. The molecule has 0 aliphatic rings. The van der Waals surface area contributed by atoms with Gasteiger partial charge in [0.1, 0.15) is 0 Å². The number of thioether (sulfide) groups is 1. The third-order valence-electron chi connectivity index (χ3n) is 4.53. The first-order valence-electron chi connectivity index (χ1n) is 9.51. The number of rotatable bonds is 7. The summed E-state index contributed by atoms with van der Waals surface area (Å²) in [5.41, 5.74) is 1.48. The summed E-state index contributed by atoms with van der Waals surface area (Å²) in [6.45, 7) is 3.14. The lowest BCUT2D eigenvalue weighted by Crippen LogP contribution is -2.37. The third-order valence-corrected chi connectivity index (χ3v) is 5.66. The predicted octanol–water partition coefficient (Wildman–Crippen LogP) is 3.44. The Morgan fingerprint density at radius 1 is 1.06 bits per heavy atom. The second kappa shape index (κ2) is 9.86. The fraction of sp³-hybridized carbons (Fsp3) is 0.238. The summed E-state index contributed by atoms with van der Waals surface area (Å²) >= 11 is 1.15. The number of aryl methyl sites for hydroxylation is 1. The topological polar surface area (TPSA) is 88.9 Å². The Morgan fingerprint density at radius 2 is 1.75 bits per heavy atom. The Kier molecular flexibility index (Phi) is 7.18. The van der Waals surface area contributed by atoms with Crippen LogP contribution in [0.1, 0.15) is 12.5 Å². The van der Waals surface area contributed by atoms with E-state index in [1.165, 1.54) is 0 Å². The minimum atomic E-state index is -1.69. The van der Waals surface area contributed by atoms with Crippen molar-refractivity contribution in [3.8, 4) is 11.4 Å². The van der Waals surface area contributed by atoms with Crippen molar-refractivity contribution in [2.75, 3.05) is 11.9 Å². The molecule has 0 radical (unpaired) electrons. The summed E-state index contributed by atoms with van der Waals surface area (Å²) in [6, 6.07) is 9.37. The van der Waals surface area contributed by atoms with Crippen molar-refractivity contribution in [1.29, 1.82) is 0 Å². The van der Waals surface area contributed by atoms with Crippen molar-refractivity contribution in [2.24, 2.45) is 7.05 Å². The molecule has 0 saturated carbocycles. The molecule has 1 atom stereocenters. The van der Waals surface area contributed by atoms with Crippen LogP contribution in [0.25, 0.3) is 11.4 Å². The highest BCUT2D eigenvalue weighted by Gasteiger charge is 2.21. The van der Waals surface area contributed by atoms with Gasteiger partial charge < -0.3 is 15.2 Å². The van der Waals surface area contributed by atoms with Crippen molar-refractivity contribution < 1.29 is 22.8 Å². The summed E-state index contributed by atoms with van der Waals surface area (Å²) < 4.78 is 41.6. The molecule has 2 N–H and O–H groups in total. The van der Waals surface area contributed by atoms with Crippen LogP contribution in [-0.4, -0.2) is 38.4 Å². The SMILES string of the molecule is Cc1ccc(-c2nnc(SC(C)C(=O)NCC(=O)Nc3ccc(F)c(F)c3F)n2C)cc1. The van der Waals surface area contributed by atoms with Gasteiger partial charge in [-0.15, -0.1) is 10.2 Å². The first kappa shape index (κ1) is 23.3. The van der Waals surface area contributed by atoms with Crippen LogP contribution in [0.3, 0.4) is 0 Å². The number of nitrogens with one attached hydrogen (secondary N) is 2. The Bertz CT molecular complexity index is 1150. The van der Waals surface area contributed by atoms with E-state index >= 15 is 0 Å². The molecule has 1 aromatic heterocycles. The van der Waals surface area contributed by atoms with Crippen LogP contribution in [0, 0.1) is 24.4 Å². The van der Waals surface area contributed by atoms with E-state index in [1.54, 1.807) is 18.5 Å². The van der Waals surface area contributed by atoms with Gasteiger partial charge in [-0.2, -0.15) is 0 Å². The largest absolute Gasteiger partial charge is 0.346 e. The van der Waals surface area contributed by atoms with E-state index in [0.717, 1.165) is 29.0 Å². The van der Waals surface area contributed by atoms with Crippen LogP contribution in [0.4, 0.5) is 18.9 Å². The van der Waals surface area contributed by atoms with Gasteiger partial charge >= 0.3 is 0 Å². The van der Waals surface area contributed by atoms with Gasteiger partial charge in [-0.25, -0.2) is 13.2 Å². The van der Waals surface area contributed by atoms with Crippen molar-refractivity contribution in [3.63, 3.8) is 0 Å². The maximum atomic E-state index is 13.6. The van der Waals surface area contributed by atoms with Crippen molar-refractivity contribution in [2.45, 2.75) is 24.3 Å². The highest BCUT2D eigenvalue weighted by molar-refractivity contribution is 8.00. The Balaban J connectivity index is 1.56. The molecule has 168 valence electrons. The molecule has 7 nitrogen and oxygen atoms in total. The van der Waals surface area contributed by atoms with E-state index in [0.29, 0.717) is 17.0 Å². The minimum absolute atomic E-state index is 0.462. The highest BCUT2D eigenvalue weighted by atomic mass is 32.2. The molecule has 0 spiro atoms. The van der Waals surface area contributed by atoms with E-state index in [4.69, 9.17) is 0 Å². The molecular formula is C21H20F3N5O2S. The lowest BCUT2D eigenvalue weighted by Gasteiger charge is -2.12. The maximum Gasteiger partial charge on any atom is 0.243 e. The normalized spacial score (nSPS) is 11.8. The van der Waals surface area contributed by atoms with Gasteiger partial charge in [0.05, 0.1) is 17.5 Å². The van der Waals surface area contributed by atoms with Crippen molar-refractivity contribution >= 4 is 29.3 Å². The first-order valence-corrected chi connectivity index (χ1v) is 10.4. The fourth-order valence-corrected chi connectivity index (χ4v) is 3.55. The number of anilines is 1. The summed E-state index contributed by atoms with van der Waals surface area (Å²) in [7, 11) is 1.78. The lowest BCUT2D eigenvalue weighted by molar-refractivity contribution is -0.123. The minimum Gasteiger partial charge on any atom is -0.346 e. The number of benzene rings is 2. The lowest BCUT2D eigenvalue weighted by atomic mass is 10.1. The average Bonchev–Trinajstić information content (AvgIpc) is 3.13. The number of aromatic nitrogens is 3. The quantitative estimate of drug-likeness (QED) is 0.414. The zero-order valence-corrected chi connectivity index (χ0v) is 18.3. The molecule has 0 aliphatic carbocycles. The Labute approximate surface area is 186 Å². The Morgan fingerprint density at radius 3 is 2.44 bits per heavy atom. The molecule has 11 heteroatoms. The number of halogens is 3. The fourth-order valence-electron chi connectivity index (χ4n) is 2.71. The van der Waals surface area contributed by atoms with Crippen molar-refractivity contribution in [1.82, 2.24) is 20.1 Å². The molecular weight excluding hydrogens is 443 g/mol. The van der Waals surface area contributed by atoms with Gasteiger partial charge in [0.25, 0.3) is 0 Å². The van der Waals surface area contributed by atoms with E-state index in [9.17, 15) is 22.8 Å². The second-order valence-corrected chi connectivity index (χ2v) is 8.29. The number of hydrogen-bond acceptors (Lipinski definition) is 5. The zero-order valence-electron chi connectivity index (χ0n) is 17.4. The van der Waals surface area contributed by atoms with Crippen LogP contribution >= 0.6 is 11.8 Å². The average molecular weight is 463 g/mol. The highest BCUT2D eigenvalue weighted by Crippen LogP contribution is 2.26. The number of hydrogen-bond donors (Lipinski definition) is 2. The summed E-state index contributed by atoms with van der Waals surface area (Å²) in [4.78, 5) is 24.3. The smallest absolute Gasteiger partial charge is 0.243 e. The molecule has 0 aliphatic heterocycles. The molecule has 1 heterocycles. The van der Waals surface area contributed by atoms with Gasteiger partial charge in [0, 0.05) is 12.6 Å².